The average molecular weight is 304 g/mol. The zero-order valence-electron chi connectivity index (χ0n) is 12.7. The monoisotopic (exact) mass is 304 g/mol. The van der Waals surface area contributed by atoms with Crippen LogP contribution in [0.15, 0.2) is 24.3 Å². The third-order valence-corrected chi connectivity index (χ3v) is 4.61. The summed E-state index contributed by atoms with van der Waals surface area (Å²) in [5.41, 5.74) is 7.45. The summed E-state index contributed by atoms with van der Waals surface area (Å²) < 4.78 is 0. The second kappa shape index (κ2) is 7.55. The predicted octanol–water partition coefficient (Wildman–Crippen LogP) is 2.90. The first-order valence-corrected chi connectivity index (χ1v) is 8.17. The number of hydrogen-bond donors (Lipinski definition) is 1. The Morgan fingerprint density at radius 3 is 2.62 bits per heavy atom. The van der Waals surface area contributed by atoms with E-state index in [1.165, 1.54) is 12.8 Å². The van der Waals surface area contributed by atoms with Crippen LogP contribution in [0.4, 0.5) is 0 Å². The summed E-state index contributed by atoms with van der Waals surface area (Å²) in [6.45, 7) is 4.05. The van der Waals surface area contributed by atoms with Crippen molar-refractivity contribution in [1.29, 1.82) is 0 Å². The van der Waals surface area contributed by atoms with Crippen molar-refractivity contribution in [2.45, 2.75) is 39.0 Å². The number of benzene rings is 1. The van der Waals surface area contributed by atoms with E-state index in [2.05, 4.69) is 6.92 Å². The van der Waals surface area contributed by atoms with Crippen LogP contribution in [0.3, 0.4) is 0 Å². The molecule has 0 radical (unpaired) electrons. The molecule has 2 N–H and O–H groups in total. The van der Waals surface area contributed by atoms with Gasteiger partial charge in [-0.05, 0) is 30.7 Å². The van der Waals surface area contributed by atoms with Gasteiger partial charge in [0, 0.05) is 18.7 Å². The van der Waals surface area contributed by atoms with E-state index in [9.17, 15) is 4.79 Å². The molecule has 1 amide bonds. The van der Waals surface area contributed by atoms with Gasteiger partial charge in [-0.2, -0.15) is 0 Å². The van der Waals surface area contributed by atoms with Gasteiger partial charge in [-0.3, -0.25) is 4.79 Å². The maximum Gasteiger partial charge on any atom is 0.226 e. The Labute approximate surface area is 132 Å². The molecule has 0 spiro atoms. The Balaban J connectivity index is 1.93. The van der Waals surface area contributed by atoms with Gasteiger partial charge < -0.3 is 10.6 Å². The fourth-order valence-electron chi connectivity index (χ4n) is 2.90. The van der Waals surface area contributed by atoms with Crippen LogP contribution in [-0.4, -0.2) is 28.9 Å². The molecule has 4 heteroatoms. The lowest BCUT2D eigenvalue weighted by molar-refractivity contribution is -0.130. The van der Waals surface area contributed by atoms with Crippen molar-refractivity contribution in [2.24, 2.45) is 11.7 Å². The van der Waals surface area contributed by atoms with Crippen LogP contribution in [0.1, 0.15) is 43.7 Å². The van der Waals surface area contributed by atoms with Crippen molar-refractivity contribution in [3.05, 3.63) is 35.4 Å². The second-order valence-corrected chi connectivity index (χ2v) is 6.26. The summed E-state index contributed by atoms with van der Waals surface area (Å²) in [4.78, 5) is 14.8. The number of thiocarbonyl (C=S) groups is 1. The summed E-state index contributed by atoms with van der Waals surface area (Å²) >= 11 is 4.94. The van der Waals surface area contributed by atoms with E-state index in [0.717, 1.165) is 43.0 Å². The summed E-state index contributed by atoms with van der Waals surface area (Å²) in [6, 6.07) is 7.67. The van der Waals surface area contributed by atoms with Crippen LogP contribution in [-0.2, 0) is 11.2 Å². The third-order valence-electron chi connectivity index (χ3n) is 4.37. The van der Waals surface area contributed by atoms with E-state index in [-0.39, 0.29) is 5.91 Å². The van der Waals surface area contributed by atoms with Crippen molar-refractivity contribution in [3.8, 4) is 0 Å². The minimum atomic E-state index is 0.231. The Hall–Kier alpha value is -1.42. The van der Waals surface area contributed by atoms with Crippen molar-refractivity contribution < 1.29 is 4.79 Å². The summed E-state index contributed by atoms with van der Waals surface area (Å²) in [5.74, 6) is 1.02. The number of nitrogens with two attached hydrogens (primary N) is 1. The fraction of sp³-hybridized carbons (Fsp3) is 0.529. The summed E-state index contributed by atoms with van der Waals surface area (Å²) in [7, 11) is 0. The first-order valence-electron chi connectivity index (χ1n) is 7.76. The Bertz CT molecular complexity index is 498. The number of carbonyl (C=O) groups excluding carboxylic acids is 1. The quantitative estimate of drug-likeness (QED) is 0.870. The number of rotatable bonds is 4. The molecule has 0 bridgehead atoms. The van der Waals surface area contributed by atoms with Gasteiger partial charge in [-0.1, -0.05) is 49.8 Å². The molecule has 0 aromatic heterocycles. The lowest BCUT2D eigenvalue weighted by Gasteiger charge is -2.20. The minimum Gasteiger partial charge on any atom is -0.389 e. The molecule has 1 atom stereocenters. The summed E-state index contributed by atoms with van der Waals surface area (Å²) in [5, 5.41) is 0. The molecule has 0 aliphatic carbocycles. The SMILES string of the molecule is CCC1CCCN(C(=O)Cc2ccc(C(N)=S)cc2)CC1. The molecule has 3 nitrogen and oxygen atoms in total. The Morgan fingerprint density at radius 1 is 1.29 bits per heavy atom. The van der Waals surface area contributed by atoms with E-state index in [4.69, 9.17) is 18.0 Å². The van der Waals surface area contributed by atoms with Crippen LogP contribution in [0.25, 0.3) is 0 Å². The highest BCUT2D eigenvalue weighted by molar-refractivity contribution is 7.80. The molecular formula is C17H24N2OS. The van der Waals surface area contributed by atoms with Gasteiger partial charge >= 0.3 is 0 Å². The van der Waals surface area contributed by atoms with Gasteiger partial charge in [0.05, 0.1) is 6.42 Å². The number of hydrogen-bond acceptors (Lipinski definition) is 2. The molecule has 0 saturated carbocycles. The molecular weight excluding hydrogens is 280 g/mol. The molecule has 1 aliphatic rings. The van der Waals surface area contributed by atoms with Crippen LogP contribution in [0, 0.1) is 5.92 Å². The predicted molar refractivity (Wildman–Crippen MR) is 90.2 cm³/mol. The fourth-order valence-corrected chi connectivity index (χ4v) is 3.03. The molecule has 1 aliphatic heterocycles. The van der Waals surface area contributed by atoms with Gasteiger partial charge in [0.15, 0.2) is 0 Å². The van der Waals surface area contributed by atoms with E-state index in [1.807, 2.05) is 29.2 Å². The zero-order chi connectivity index (χ0) is 15.2. The van der Waals surface area contributed by atoms with Crippen LogP contribution < -0.4 is 5.73 Å². The Kier molecular flexibility index (Phi) is 5.74. The minimum absolute atomic E-state index is 0.231. The smallest absolute Gasteiger partial charge is 0.226 e. The zero-order valence-corrected chi connectivity index (χ0v) is 13.5. The molecule has 1 unspecified atom stereocenters. The molecule has 114 valence electrons. The van der Waals surface area contributed by atoms with Crippen molar-refractivity contribution in [3.63, 3.8) is 0 Å². The first kappa shape index (κ1) is 16.0. The van der Waals surface area contributed by atoms with Gasteiger partial charge in [0.2, 0.25) is 5.91 Å². The van der Waals surface area contributed by atoms with Gasteiger partial charge in [-0.25, -0.2) is 0 Å². The standard InChI is InChI=1S/C17H24N2OS/c1-2-13-4-3-10-19(11-9-13)16(20)12-14-5-7-15(8-6-14)17(18)21/h5-8,13H,2-4,9-12H2,1H3,(H2,18,21). The number of amides is 1. The molecule has 2 rings (SSSR count). The first-order chi connectivity index (χ1) is 10.1. The topological polar surface area (TPSA) is 46.3 Å². The highest BCUT2D eigenvalue weighted by Crippen LogP contribution is 2.20. The molecule has 1 saturated heterocycles. The van der Waals surface area contributed by atoms with Crippen LogP contribution in [0.5, 0.6) is 0 Å². The van der Waals surface area contributed by atoms with Crippen LogP contribution in [0.2, 0.25) is 0 Å². The van der Waals surface area contributed by atoms with Gasteiger partial charge in [-0.15, -0.1) is 0 Å². The molecule has 1 aromatic carbocycles. The maximum atomic E-state index is 12.4. The third kappa shape index (κ3) is 4.53. The van der Waals surface area contributed by atoms with E-state index < -0.39 is 0 Å². The van der Waals surface area contributed by atoms with Crippen molar-refractivity contribution in [1.82, 2.24) is 4.90 Å². The van der Waals surface area contributed by atoms with Gasteiger partial charge in [0.1, 0.15) is 4.99 Å². The maximum absolute atomic E-state index is 12.4. The number of nitrogens with zero attached hydrogens (tertiary/aromatic N) is 1. The normalized spacial score (nSPS) is 19.1. The number of carbonyl (C=O) groups is 1. The highest BCUT2D eigenvalue weighted by atomic mass is 32.1. The lowest BCUT2D eigenvalue weighted by Crippen LogP contribution is -2.33. The summed E-state index contributed by atoms with van der Waals surface area (Å²) in [6.07, 6.45) is 5.22. The lowest BCUT2D eigenvalue weighted by atomic mass is 9.98. The van der Waals surface area contributed by atoms with E-state index in [1.54, 1.807) is 0 Å². The van der Waals surface area contributed by atoms with Crippen LogP contribution >= 0.6 is 12.2 Å². The molecule has 21 heavy (non-hydrogen) atoms. The van der Waals surface area contributed by atoms with E-state index in [0.29, 0.717) is 11.4 Å². The molecule has 1 fully saturated rings. The van der Waals surface area contributed by atoms with Gasteiger partial charge in [0.25, 0.3) is 0 Å². The average Bonchev–Trinajstić information content (AvgIpc) is 2.73. The molecule has 1 aromatic rings. The van der Waals surface area contributed by atoms with E-state index >= 15 is 0 Å². The number of likely N-dealkylation sites (tertiary alicyclic amines) is 1. The van der Waals surface area contributed by atoms with Crippen molar-refractivity contribution >= 4 is 23.1 Å². The second-order valence-electron chi connectivity index (χ2n) is 5.82. The van der Waals surface area contributed by atoms with Crippen molar-refractivity contribution in [2.75, 3.05) is 13.1 Å². The largest absolute Gasteiger partial charge is 0.389 e. The molecule has 1 heterocycles. The Morgan fingerprint density at radius 2 is 2.00 bits per heavy atom. The highest BCUT2D eigenvalue weighted by Gasteiger charge is 2.19.